The molecule has 3 aromatic carbocycles. The highest BCUT2D eigenvalue weighted by molar-refractivity contribution is 5.96. The van der Waals surface area contributed by atoms with E-state index in [1.807, 2.05) is 72.8 Å². The summed E-state index contributed by atoms with van der Waals surface area (Å²) in [5, 5.41) is 16.2. The van der Waals surface area contributed by atoms with Crippen LogP contribution in [0.15, 0.2) is 79.0 Å². The molecule has 122 valence electrons. The predicted octanol–water partition coefficient (Wildman–Crippen LogP) is 4.32. The van der Waals surface area contributed by atoms with Gasteiger partial charge in [0.1, 0.15) is 0 Å². The third-order valence-electron chi connectivity index (χ3n) is 4.20. The number of benzene rings is 3. The molecule has 4 heteroatoms. The van der Waals surface area contributed by atoms with Gasteiger partial charge in [-0.3, -0.25) is 4.79 Å². The summed E-state index contributed by atoms with van der Waals surface area (Å²) < 4.78 is 1.75. The lowest BCUT2D eigenvalue weighted by Crippen LogP contribution is -2.00. The van der Waals surface area contributed by atoms with Gasteiger partial charge >= 0.3 is 5.97 Å². The first-order valence-corrected chi connectivity index (χ1v) is 8.06. The summed E-state index contributed by atoms with van der Waals surface area (Å²) in [4.78, 5) is 11.3. The molecule has 0 unspecified atom stereocenters. The number of carboxylic acids is 1. The molecule has 0 aliphatic heterocycles. The maximum atomic E-state index is 11.3. The summed E-state index contributed by atoms with van der Waals surface area (Å²) in [6, 6.07) is 23.8. The summed E-state index contributed by atoms with van der Waals surface area (Å²) in [5.74, 6) is -0.867. The van der Waals surface area contributed by atoms with Gasteiger partial charge in [0.2, 0.25) is 0 Å². The number of rotatable bonds is 4. The summed E-state index contributed by atoms with van der Waals surface area (Å²) in [7, 11) is 0. The van der Waals surface area contributed by atoms with Crippen LogP contribution in [-0.4, -0.2) is 20.9 Å². The van der Waals surface area contributed by atoms with Gasteiger partial charge in [-0.05, 0) is 22.9 Å². The number of carbonyl (C=O) groups is 1. The molecule has 0 bridgehead atoms. The largest absolute Gasteiger partial charge is 0.481 e. The van der Waals surface area contributed by atoms with Crippen molar-refractivity contribution in [1.29, 1.82) is 0 Å². The Morgan fingerprint density at radius 3 is 2.44 bits per heavy atom. The lowest BCUT2D eigenvalue weighted by molar-refractivity contribution is -0.136. The van der Waals surface area contributed by atoms with Crippen molar-refractivity contribution < 1.29 is 9.90 Å². The van der Waals surface area contributed by atoms with Crippen LogP contribution in [0.2, 0.25) is 0 Å². The van der Waals surface area contributed by atoms with E-state index in [4.69, 9.17) is 5.10 Å². The summed E-state index contributed by atoms with van der Waals surface area (Å²) >= 11 is 0. The number of aliphatic carboxylic acids is 1. The molecule has 1 N–H and O–H groups in total. The standard InChI is InChI=1S/C21H16N2O2/c24-20(25)13-16-14-23(17-9-2-1-3-10-17)22-21(16)19-12-6-8-15-7-4-5-11-18(15)19/h1-12,14H,13H2,(H,24,25). The molecule has 0 saturated heterocycles. The molecule has 0 aliphatic rings. The Balaban J connectivity index is 1.93. The normalized spacial score (nSPS) is 10.9. The van der Waals surface area contributed by atoms with E-state index in [1.54, 1.807) is 10.9 Å². The molecule has 0 saturated carbocycles. The van der Waals surface area contributed by atoms with Crippen LogP contribution >= 0.6 is 0 Å². The van der Waals surface area contributed by atoms with Crippen LogP contribution < -0.4 is 0 Å². The fourth-order valence-corrected chi connectivity index (χ4v) is 3.07. The van der Waals surface area contributed by atoms with E-state index in [-0.39, 0.29) is 6.42 Å². The molecule has 4 nitrogen and oxygen atoms in total. The van der Waals surface area contributed by atoms with E-state index in [0.717, 1.165) is 22.0 Å². The van der Waals surface area contributed by atoms with Crippen LogP contribution in [-0.2, 0) is 11.2 Å². The molecule has 4 aromatic rings. The lowest BCUT2D eigenvalue weighted by atomic mass is 9.99. The fourth-order valence-electron chi connectivity index (χ4n) is 3.07. The number of aromatic nitrogens is 2. The summed E-state index contributed by atoms with van der Waals surface area (Å²) in [6.07, 6.45) is 1.74. The van der Waals surface area contributed by atoms with E-state index in [1.165, 1.54) is 0 Å². The Morgan fingerprint density at radius 1 is 0.920 bits per heavy atom. The van der Waals surface area contributed by atoms with Gasteiger partial charge < -0.3 is 5.11 Å². The van der Waals surface area contributed by atoms with Gasteiger partial charge in [0.15, 0.2) is 0 Å². The summed E-state index contributed by atoms with van der Waals surface area (Å²) in [6.45, 7) is 0. The van der Waals surface area contributed by atoms with Crippen molar-refractivity contribution in [3.63, 3.8) is 0 Å². The van der Waals surface area contributed by atoms with Crippen LogP contribution in [0.4, 0.5) is 0 Å². The topological polar surface area (TPSA) is 55.1 Å². The molecule has 25 heavy (non-hydrogen) atoms. The highest BCUT2D eigenvalue weighted by Gasteiger charge is 2.16. The van der Waals surface area contributed by atoms with Gasteiger partial charge in [0, 0.05) is 17.3 Å². The molecule has 0 radical (unpaired) electrons. The predicted molar refractivity (Wildman–Crippen MR) is 97.8 cm³/mol. The number of carboxylic acid groups (broad SMARTS) is 1. The second-order valence-corrected chi connectivity index (χ2v) is 5.88. The molecule has 1 aromatic heterocycles. The molecule has 4 rings (SSSR count). The molecule has 0 amide bonds. The number of nitrogens with zero attached hydrogens (tertiary/aromatic N) is 2. The zero-order valence-corrected chi connectivity index (χ0v) is 13.5. The average Bonchev–Trinajstić information content (AvgIpc) is 3.05. The highest BCUT2D eigenvalue weighted by atomic mass is 16.4. The number of fused-ring (bicyclic) bond motifs is 1. The van der Waals surface area contributed by atoms with Crippen LogP contribution in [0, 0.1) is 0 Å². The minimum atomic E-state index is -0.867. The SMILES string of the molecule is O=C(O)Cc1cn(-c2ccccc2)nc1-c1cccc2ccccc12. The van der Waals surface area contributed by atoms with Crippen LogP contribution in [0.3, 0.4) is 0 Å². The van der Waals surface area contributed by atoms with Gasteiger partial charge in [0.05, 0.1) is 17.8 Å². The molecular formula is C21H16N2O2. The minimum absolute atomic E-state index is 0.0641. The van der Waals surface area contributed by atoms with Gasteiger partial charge in [-0.2, -0.15) is 5.10 Å². The molecule has 1 heterocycles. The van der Waals surface area contributed by atoms with Crippen molar-refractivity contribution in [2.45, 2.75) is 6.42 Å². The van der Waals surface area contributed by atoms with Gasteiger partial charge in [-0.15, -0.1) is 0 Å². The Labute approximate surface area is 145 Å². The van der Waals surface area contributed by atoms with Crippen molar-refractivity contribution in [2.24, 2.45) is 0 Å². The van der Waals surface area contributed by atoms with E-state index >= 15 is 0 Å². The lowest BCUT2D eigenvalue weighted by Gasteiger charge is -2.06. The first-order valence-electron chi connectivity index (χ1n) is 8.06. The quantitative estimate of drug-likeness (QED) is 0.607. The fraction of sp³-hybridized carbons (Fsp3) is 0.0476. The third-order valence-corrected chi connectivity index (χ3v) is 4.20. The Morgan fingerprint density at radius 2 is 1.64 bits per heavy atom. The molecule has 0 fully saturated rings. The monoisotopic (exact) mass is 328 g/mol. The number of para-hydroxylation sites is 1. The first kappa shape index (κ1) is 15.1. The number of hydrogen-bond acceptors (Lipinski definition) is 2. The maximum Gasteiger partial charge on any atom is 0.307 e. The van der Waals surface area contributed by atoms with E-state index in [0.29, 0.717) is 11.3 Å². The maximum absolute atomic E-state index is 11.3. The first-order chi connectivity index (χ1) is 12.2. The van der Waals surface area contributed by atoms with Crippen molar-refractivity contribution in [3.8, 4) is 16.9 Å². The highest BCUT2D eigenvalue weighted by Crippen LogP contribution is 2.31. The third kappa shape index (κ3) is 2.90. The molecule has 0 aliphatic carbocycles. The van der Waals surface area contributed by atoms with E-state index < -0.39 is 5.97 Å². The Kier molecular flexibility index (Phi) is 3.78. The molecule has 0 spiro atoms. The van der Waals surface area contributed by atoms with E-state index in [9.17, 15) is 9.90 Å². The zero-order chi connectivity index (χ0) is 17.2. The zero-order valence-electron chi connectivity index (χ0n) is 13.5. The second kappa shape index (κ2) is 6.24. The van der Waals surface area contributed by atoms with Crippen LogP contribution in [0.1, 0.15) is 5.56 Å². The Hall–Kier alpha value is -3.40. The smallest absolute Gasteiger partial charge is 0.307 e. The van der Waals surface area contributed by atoms with Crippen LogP contribution in [0.25, 0.3) is 27.7 Å². The van der Waals surface area contributed by atoms with Gasteiger partial charge in [0.25, 0.3) is 0 Å². The van der Waals surface area contributed by atoms with Crippen molar-refractivity contribution >= 4 is 16.7 Å². The van der Waals surface area contributed by atoms with Gasteiger partial charge in [-0.1, -0.05) is 60.7 Å². The number of hydrogen-bond donors (Lipinski definition) is 1. The minimum Gasteiger partial charge on any atom is -0.481 e. The molecule has 0 atom stereocenters. The van der Waals surface area contributed by atoms with E-state index in [2.05, 4.69) is 0 Å². The van der Waals surface area contributed by atoms with Crippen molar-refractivity contribution in [3.05, 3.63) is 84.6 Å². The second-order valence-electron chi connectivity index (χ2n) is 5.88. The Bertz CT molecular complexity index is 1050. The van der Waals surface area contributed by atoms with Crippen molar-refractivity contribution in [2.75, 3.05) is 0 Å². The van der Waals surface area contributed by atoms with Crippen molar-refractivity contribution in [1.82, 2.24) is 9.78 Å². The van der Waals surface area contributed by atoms with Gasteiger partial charge in [-0.25, -0.2) is 4.68 Å². The average molecular weight is 328 g/mol. The summed E-state index contributed by atoms with van der Waals surface area (Å²) in [5.41, 5.74) is 3.26. The van der Waals surface area contributed by atoms with Crippen LogP contribution in [0.5, 0.6) is 0 Å². The molecular weight excluding hydrogens is 312 g/mol.